The predicted octanol–water partition coefficient (Wildman–Crippen LogP) is 1.09. The molecule has 1 aliphatic heterocycles. The largest absolute Gasteiger partial charge is 0.497 e. The molecule has 1 fully saturated rings. The van der Waals surface area contributed by atoms with Crippen molar-refractivity contribution in [3.05, 3.63) is 24.3 Å². The number of nitrogens with one attached hydrogen (secondary N) is 1. The lowest BCUT2D eigenvalue weighted by atomic mass is 9.97. The van der Waals surface area contributed by atoms with Crippen LogP contribution in [-0.2, 0) is 14.8 Å². The molecule has 7 nitrogen and oxygen atoms in total. The number of amides is 1. The molecular formula is C17H27N3O4S. The molecule has 3 atom stereocenters. The summed E-state index contributed by atoms with van der Waals surface area (Å²) in [5.41, 5.74) is 5.46. The van der Waals surface area contributed by atoms with Gasteiger partial charge in [0.05, 0.1) is 12.0 Å². The SMILES string of the molecule is COc1ccc(S(=O)(=O)N[C@H](CN2[C@H](C)CCC[C@@H]2C)C(N)=O)cc1. The quantitative estimate of drug-likeness (QED) is 0.749. The Bertz CT molecular complexity index is 680. The molecule has 1 saturated heterocycles. The number of benzene rings is 1. The average molecular weight is 369 g/mol. The second-order valence-corrected chi connectivity index (χ2v) is 8.29. The fraction of sp³-hybridized carbons (Fsp3) is 0.588. The number of hydrogen-bond donors (Lipinski definition) is 2. The first-order chi connectivity index (χ1) is 11.7. The van der Waals surface area contributed by atoms with Crippen LogP contribution in [0.15, 0.2) is 29.2 Å². The Morgan fingerprint density at radius 3 is 2.32 bits per heavy atom. The molecule has 1 heterocycles. The maximum Gasteiger partial charge on any atom is 0.241 e. The van der Waals surface area contributed by atoms with E-state index in [-0.39, 0.29) is 23.5 Å². The summed E-state index contributed by atoms with van der Waals surface area (Å²) in [6.45, 7) is 4.45. The van der Waals surface area contributed by atoms with Crippen molar-refractivity contribution in [2.45, 2.75) is 56.1 Å². The summed E-state index contributed by atoms with van der Waals surface area (Å²) in [7, 11) is -2.34. The summed E-state index contributed by atoms with van der Waals surface area (Å²) in [4.78, 5) is 14.1. The van der Waals surface area contributed by atoms with E-state index < -0.39 is 22.0 Å². The van der Waals surface area contributed by atoms with Crippen molar-refractivity contribution in [3.8, 4) is 5.75 Å². The lowest BCUT2D eigenvalue weighted by molar-refractivity contribution is -0.120. The molecule has 0 bridgehead atoms. The molecule has 140 valence electrons. The van der Waals surface area contributed by atoms with E-state index in [4.69, 9.17) is 10.5 Å². The van der Waals surface area contributed by atoms with E-state index in [0.717, 1.165) is 19.3 Å². The molecule has 1 aliphatic rings. The summed E-state index contributed by atoms with van der Waals surface area (Å²) in [5, 5.41) is 0. The number of methoxy groups -OCH3 is 1. The van der Waals surface area contributed by atoms with Crippen LogP contribution in [-0.4, -0.2) is 51.0 Å². The monoisotopic (exact) mass is 369 g/mol. The first-order valence-corrected chi connectivity index (χ1v) is 9.94. The summed E-state index contributed by atoms with van der Waals surface area (Å²) in [6.07, 6.45) is 3.19. The Hall–Kier alpha value is -1.64. The highest BCUT2D eigenvalue weighted by atomic mass is 32.2. The normalized spacial score (nSPS) is 23.2. The smallest absolute Gasteiger partial charge is 0.241 e. The third kappa shape index (κ3) is 4.93. The molecule has 25 heavy (non-hydrogen) atoms. The number of piperidine rings is 1. The summed E-state index contributed by atoms with van der Waals surface area (Å²) < 4.78 is 32.6. The molecule has 1 amide bonds. The van der Waals surface area contributed by atoms with Crippen LogP contribution < -0.4 is 15.2 Å². The fourth-order valence-electron chi connectivity index (χ4n) is 3.24. The van der Waals surface area contributed by atoms with E-state index >= 15 is 0 Å². The van der Waals surface area contributed by atoms with Gasteiger partial charge in [-0.3, -0.25) is 9.69 Å². The zero-order valence-electron chi connectivity index (χ0n) is 14.9. The molecule has 0 spiro atoms. The van der Waals surface area contributed by atoms with Crippen LogP contribution in [0.3, 0.4) is 0 Å². The van der Waals surface area contributed by atoms with Gasteiger partial charge in [0.1, 0.15) is 11.8 Å². The highest BCUT2D eigenvalue weighted by Crippen LogP contribution is 2.23. The molecule has 0 aliphatic carbocycles. The van der Waals surface area contributed by atoms with Gasteiger partial charge in [-0.05, 0) is 51.0 Å². The van der Waals surface area contributed by atoms with Gasteiger partial charge in [0, 0.05) is 18.6 Å². The van der Waals surface area contributed by atoms with Crippen molar-refractivity contribution in [2.75, 3.05) is 13.7 Å². The molecule has 0 saturated carbocycles. The Balaban J connectivity index is 2.15. The third-order valence-electron chi connectivity index (χ3n) is 4.78. The van der Waals surface area contributed by atoms with Crippen LogP contribution in [0.1, 0.15) is 33.1 Å². The van der Waals surface area contributed by atoms with Crippen molar-refractivity contribution < 1.29 is 17.9 Å². The summed E-state index contributed by atoms with van der Waals surface area (Å²) in [5.74, 6) is -0.122. The maximum atomic E-state index is 12.6. The van der Waals surface area contributed by atoms with Gasteiger partial charge in [0.15, 0.2) is 0 Å². The van der Waals surface area contributed by atoms with E-state index in [0.29, 0.717) is 5.75 Å². The lowest BCUT2D eigenvalue weighted by Crippen LogP contribution is -2.55. The van der Waals surface area contributed by atoms with Gasteiger partial charge in [-0.2, -0.15) is 4.72 Å². The standard InChI is InChI=1S/C17H27N3O4S/c1-12-5-4-6-13(2)20(12)11-16(17(18)21)19-25(22,23)15-9-7-14(24-3)8-10-15/h7-10,12-13,16,19H,4-6,11H2,1-3H3,(H2,18,21)/t12-,13+,16-/m1/s1. The van der Waals surface area contributed by atoms with E-state index in [1.54, 1.807) is 12.1 Å². The third-order valence-corrected chi connectivity index (χ3v) is 6.27. The van der Waals surface area contributed by atoms with Crippen LogP contribution >= 0.6 is 0 Å². The average Bonchev–Trinajstić information content (AvgIpc) is 2.57. The maximum absolute atomic E-state index is 12.6. The number of carbonyl (C=O) groups is 1. The Morgan fingerprint density at radius 2 is 1.84 bits per heavy atom. The molecule has 3 N–H and O–H groups in total. The molecule has 1 aromatic rings. The number of primary amides is 1. The molecule has 0 unspecified atom stereocenters. The number of rotatable bonds is 7. The van der Waals surface area contributed by atoms with Crippen molar-refractivity contribution in [3.63, 3.8) is 0 Å². The Labute approximate surface area is 149 Å². The van der Waals surface area contributed by atoms with Crippen molar-refractivity contribution >= 4 is 15.9 Å². The minimum atomic E-state index is -3.85. The second-order valence-electron chi connectivity index (χ2n) is 6.58. The molecule has 8 heteroatoms. The topological polar surface area (TPSA) is 102 Å². The zero-order valence-corrected chi connectivity index (χ0v) is 15.8. The van der Waals surface area contributed by atoms with Gasteiger partial charge in [0.25, 0.3) is 0 Å². The number of ether oxygens (including phenoxy) is 1. The highest BCUT2D eigenvalue weighted by Gasteiger charge is 2.31. The van der Waals surface area contributed by atoms with Gasteiger partial charge >= 0.3 is 0 Å². The van der Waals surface area contributed by atoms with Gasteiger partial charge in [-0.1, -0.05) is 6.42 Å². The first kappa shape index (κ1) is 19.7. The summed E-state index contributed by atoms with van der Waals surface area (Å²) >= 11 is 0. The Kier molecular flexibility index (Phi) is 6.42. The van der Waals surface area contributed by atoms with Crippen LogP contribution in [0.4, 0.5) is 0 Å². The number of hydrogen-bond acceptors (Lipinski definition) is 5. The number of nitrogens with zero attached hydrogens (tertiary/aromatic N) is 1. The van der Waals surface area contributed by atoms with Crippen LogP contribution in [0.5, 0.6) is 5.75 Å². The van der Waals surface area contributed by atoms with Crippen LogP contribution in [0.2, 0.25) is 0 Å². The number of likely N-dealkylation sites (tertiary alicyclic amines) is 1. The number of sulfonamides is 1. The zero-order chi connectivity index (χ0) is 18.6. The fourth-order valence-corrected chi connectivity index (χ4v) is 4.44. The van der Waals surface area contributed by atoms with E-state index in [2.05, 4.69) is 23.5 Å². The van der Waals surface area contributed by atoms with Gasteiger partial charge in [0.2, 0.25) is 15.9 Å². The minimum absolute atomic E-state index is 0.0688. The molecule has 1 aromatic carbocycles. The molecule has 0 aromatic heterocycles. The van der Waals surface area contributed by atoms with Gasteiger partial charge in [-0.25, -0.2) is 8.42 Å². The van der Waals surface area contributed by atoms with Crippen molar-refractivity contribution in [1.29, 1.82) is 0 Å². The van der Waals surface area contributed by atoms with E-state index in [9.17, 15) is 13.2 Å². The summed E-state index contributed by atoms with van der Waals surface area (Å²) in [6, 6.07) is 5.59. The van der Waals surface area contributed by atoms with Gasteiger partial charge in [-0.15, -0.1) is 0 Å². The van der Waals surface area contributed by atoms with Crippen molar-refractivity contribution in [1.82, 2.24) is 9.62 Å². The molecule has 2 rings (SSSR count). The van der Waals surface area contributed by atoms with Crippen LogP contribution in [0, 0.1) is 0 Å². The lowest BCUT2D eigenvalue weighted by Gasteiger charge is -2.40. The molecule has 0 radical (unpaired) electrons. The van der Waals surface area contributed by atoms with E-state index in [1.807, 2.05) is 0 Å². The van der Waals surface area contributed by atoms with Gasteiger partial charge < -0.3 is 10.5 Å². The highest BCUT2D eigenvalue weighted by molar-refractivity contribution is 7.89. The minimum Gasteiger partial charge on any atom is -0.497 e. The van der Waals surface area contributed by atoms with E-state index in [1.165, 1.54) is 19.2 Å². The number of nitrogens with two attached hydrogens (primary N) is 1. The predicted molar refractivity (Wildman–Crippen MR) is 95.8 cm³/mol. The van der Waals surface area contributed by atoms with Crippen LogP contribution in [0.25, 0.3) is 0 Å². The number of carbonyl (C=O) groups excluding carboxylic acids is 1. The molecular weight excluding hydrogens is 342 g/mol. The Morgan fingerprint density at radius 1 is 1.28 bits per heavy atom. The second kappa shape index (κ2) is 8.16. The van der Waals surface area contributed by atoms with Crippen molar-refractivity contribution in [2.24, 2.45) is 5.73 Å². The first-order valence-electron chi connectivity index (χ1n) is 8.46.